The first kappa shape index (κ1) is 16.8. The number of fused-ring (bicyclic) bond motifs is 1. The van der Waals surface area contributed by atoms with Crippen LogP contribution in [-0.4, -0.2) is 30.7 Å². The maximum Gasteiger partial charge on any atom is 0.251 e. The molecule has 5 nitrogen and oxygen atoms in total. The van der Waals surface area contributed by atoms with E-state index < -0.39 is 0 Å². The summed E-state index contributed by atoms with van der Waals surface area (Å²) in [6, 6.07) is 5.37. The van der Waals surface area contributed by atoms with Crippen LogP contribution in [0.3, 0.4) is 0 Å². The molecule has 0 atom stereocenters. The Kier molecular flexibility index (Phi) is 6.84. The van der Waals surface area contributed by atoms with E-state index in [1.807, 2.05) is 6.07 Å². The third kappa shape index (κ3) is 4.40. The summed E-state index contributed by atoms with van der Waals surface area (Å²) in [7, 11) is 0. The molecule has 0 radical (unpaired) electrons. The lowest BCUT2D eigenvalue weighted by molar-refractivity contribution is -0.113. The number of rotatable bonds is 5. The molecule has 110 valence electrons. The SMILES string of the molecule is Cl.NCCCCNC(=O)c1ccc2c(c1)NC(=O)CS2. The molecule has 0 aromatic heterocycles. The Balaban J connectivity index is 0.00000200. The minimum atomic E-state index is -0.121. The van der Waals surface area contributed by atoms with Gasteiger partial charge in [-0.15, -0.1) is 24.2 Å². The monoisotopic (exact) mass is 315 g/mol. The van der Waals surface area contributed by atoms with E-state index in [4.69, 9.17) is 5.73 Å². The Bertz CT molecular complexity index is 497. The fraction of sp³-hybridized carbons (Fsp3) is 0.385. The summed E-state index contributed by atoms with van der Waals surface area (Å²) in [6.07, 6.45) is 1.77. The first-order valence-corrected chi connectivity index (χ1v) is 7.24. The average Bonchev–Trinajstić information content (AvgIpc) is 2.42. The quantitative estimate of drug-likeness (QED) is 0.721. The van der Waals surface area contributed by atoms with E-state index in [2.05, 4.69) is 10.6 Å². The molecule has 0 fully saturated rings. The number of unbranched alkanes of at least 4 members (excludes halogenated alkanes) is 1. The highest BCUT2D eigenvalue weighted by molar-refractivity contribution is 8.00. The summed E-state index contributed by atoms with van der Waals surface area (Å²) in [4.78, 5) is 24.2. The number of nitrogens with one attached hydrogen (secondary N) is 2. The molecular weight excluding hydrogens is 298 g/mol. The van der Waals surface area contributed by atoms with E-state index in [0.717, 1.165) is 23.4 Å². The molecule has 0 bridgehead atoms. The molecule has 0 spiro atoms. The first-order chi connectivity index (χ1) is 9.20. The Morgan fingerprint density at radius 1 is 1.40 bits per heavy atom. The van der Waals surface area contributed by atoms with Gasteiger partial charge in [-0.05, 0) is 37.6 Å². The second-order valence-corrected chi connectivity index (χ2v) is 5.32. The van der Waals surface area contributed by atoms with Crippen molar-refractivity contribution in [1.82, 2.24) is 5.32 Å². The lowest BCUT2D eigenvalue weighted by atomic mass is 10.1. The lowest BCUT2D eigenvalue weighted by Crippen LogP contribution is -2.25. The van der Waals surface area contributed by atoms with Crippen LogP contribution in [0, 0.1) is 0 Å². The van der Waals surface area contributed by atoms with Gasteiger partial charge in [0.05, 0.1) is 11.4 Å². The summed E-state index contributed by atoms with van der Waals surface area (Å²) in [5, 5.41) is 5.61. The number of thioether (sulfide) groups is 1. The van der Waals surface area contributed by atoms with Crippen LogP contribution in [-0.2, 0) is 4.79 Å². The predicted octanol–water partition coefficient (Wildman–Crippen LogP) is 1.62. The van der Waals surface area contributed by atoms with Crippen molar-refractivity contribution >= 4 is 41.7 Å². The first-order valence-electron chi connectivity index (χ1n) is 6.25. The number of hydrogen-bond donors (Lipinski definition) is 3. The van der Waals surface area contributed by atoms with Crippen molar-refractivity contribution in [1.29, 1.82) is 0 Å². The number of halogens is 1. The van der Waals surface area contributed by atoms with Gasteiger partial charge in [-0.3, -0.25) is 9.59 Å². The number of amides is 2. The Morgan fingerprint density at radius 3 is 2.95 bits per heavy atom. The number of nitrogens with two attached hydrogens (primary N) is 1. The molecule has 7 heteroatoms. The minimum absolute atomic E-state index is 0. The van der Waals surface area contributed by atoms with E-state index in [1.54, 1.807) is 12.1 Å². The fourth-order valence-electron chi connectivity index (χ4n) is 1.80. The molecule has 0 saturated heterocycles. The van der Waals surface area contributed by atoms with Crippen molar-refractivity contribution < 1.29 is 9.59 Å². The Labute approximate surface area is 128 Å². The zero-order valence-corrected chi connectivity index (χ0v) is 12.6. The zero-order valence-electron chi connectivity index (χ0n) is 11.0. The zero-order chi connectivity index (χ0) is 13.7. The molecule has 1 aromatic carbocycles. The predicted molar refractivity (Wildman–Crippen MR) is 83.7 cm³/mol. The summed E-state index contributed by atoms with van der Waals surface area (Å²) in [5.74, 6) is 0.278. The molecular formula is C13H18ClN3O2S. The summed E-state index contributed by atoms with van der Waals surface area (Å²) in [5.41, 5.74) is 6.67. The van der Waals surface area contributed by atoms with Crippen LogP contribution in [0.15, 0.2) is 23.1 Å². The van der Waals surface area contributed by atoms with Gasteiger partial charge >= 0.3 is 0 Å². The smallest absolute Gasteiger partial charge is 0.251 e. The van der Waals surface area contributed by atoms with E-state index in [0.29, 0.717) is 24.4 Å². The van der Waals surface area contributed by atoms with Crippen LogP contribution in [0.1, 0.15) is 23.2 Å². The van der Waals surface area contributed by atoms with Crippen molar-refractivity contribution in [2.24, 2.45) is 5.73 Å². The van der Waals surface area contributed by atoms with E-state index in [1.165, 1.54) is 11.8 Å². The molecule has 1 aromatic rings. The highest BCUT2D eigenvalue weighted by Crippen LogP contribution is 2.31. The molecule has 1 aliphatic rings. The molecule has 2 amide bonds. The summed E-state index contributed by atoms with van der Waals surface area (Å²) >= 11 is 1.48. The van der Waals surface area contributed by atoms with Gasteiger partial charge in [-0.1, -0.05) is 0 Å². The highest BCUT2D eigenvalue weighted by Gasteiger charge is 2.17. The van der Waals surface area contributed by atoms with Crippen molar-refractivity contribution in [3.8, 4) is 0 Å². The second-order valence-electron chi connectivity index (χ2n) is 4.30. The maximum absolute atomic E-state index is 11.9. The number of carbonyl (C=O) groups excluding carboxylic acids is 2. The van der Waals surface area contributed by atoms with Crippen LogP contribution in [0.25, 0.3) is 0 Å². The van der Waals surface area contributed by atoms with Crippen molar-refractivity contribution in [3.63, 3.8) is 0 Å². The number of hydrogen-bond acceptors (Lipinski definition) is 4. The molecule has 1 heterocycles. The molecule has 2 rings (SSSR count). The van der Waals surface area contributed by atoms with Crippen LogP contribution in [0.5, 0.6) is 0 Å². The van der Waals surface area contributed by atoms with Gasteiger partial charge in [0.25, 0.3) is 5.91 Å². The highest BCUT2D eigenvalue weighted by atomic mass is 35.5. The average molecular weight is 316 g/mol. The van der Waals surface area contributed by atoms with E-state index >= 15 is 0 Å². The van der Waals surface area contributed by atoms with Gasteiger partial charge in [-0.2, -0.15) is 0 Å². The van der Waals surface area contributed by atoms with Crippen LogP contribution >= 0.6 is 24.2 Å². The normalized spacial score (nSPS) is 12.9. The largest absolute Gasteiger partial charge is 0.352 e. The van der Waals surface area contributed by atoms with Gasteiger partial charge in [0.15, 0.2) is 0 Å². The summed E-state index contributed by atoms with van der Waals surface area (Å²) in [6.45, 7) is 1.26. The van der Waals surface area contributed by atoms with E-state index in [-0.39, 0.29) is 24.2 Å². The molecule has 0 saturated carbocycles. The summed E-state index contributed by atoms with van der Waals surface area (Å²) < 4.78 is 0. The molecule has 1 aliphatic heterocycles. The topological polar surface area (TPSA) is 84.2 Å². The minimum Gasteiger partial charge on any atom is -0.352 e. The van der Waals surface area contributed by atoms with Crippen molar-refractivity contribution in [2.45, 2.75) is 17.7 Å². The van der Waals surface area contributed by atoms with Crippen molar-refractivity contribution in [3.05, 3.63) is 23.8 Å². The van der Waals surface area contributed by atoms with E-state index in [9.17, 15) is 9.59 Å². The Morgan fingerprint density at radius 2 is 2.20 bits per heavy atom. The molecule has 0 unspecified atom stereocenters. The number of anilines is 1. The third-order valence-corrected chi connectivity index (χ3v) is 3.86. The number of benzene rings is 1. The maximum atomic E-state index is 11.9. The van der Waals surface area contributed by atoms with Crippen LogP contribution in [0.2, 0.25) is 0 Å². The van der Waals surface area contributed by atoms with Gasteiger partial charge in [-0.25, -0.2) is 0 Å². The third-order valence-electron chi connectivity index (χ3n) is 2.79. The number of carbonyl (C=O) groups is 2. The van der Waals surface area contributed by atoms with Gasteiger partial charge < -0.3 is 16.4 Å². The van der Waals surface area contributed by atoms with Gasteiger partial charge in [0.2, 0.25) is 5.91 Å². The molecule has 0 aliphatic carbocycles. The van der Waals surface area contributed by atoms with Crippen LogP contribution in [0.4, 0.5) is 5.69 Å². The fourth-order valence-corrected chi connectivity index (χ4v) is 2.59. The molecule has 20 heavy (non-hydrogen) atoms. The lowest BCUT2D eigenvalue weighted by Gasteiger charge is -2.16. The van der Waals surface area contributed by atoms with Gasteiger partial charge in [0, 0.05) is 17.0 Å². The van der Waals surface area contributed by atoms with Crippen molar-refractivity contribution in [2.75, 3.05) is 24.2 Å². The molecule has 4 N–H and O–H groups in total. The standard InChI is InChI=1S/C13H17N3O2S.ClH/c14-5-1-2-6-15-13(18)9-3-4-11-10(7-9)16-12(17)8-19-11;/h3-4,7H,1-2,5-6,8,14H2,(H,15,18)(H,16,17);1H. The van der Waals surface area contributed by atoms with Crippen LogP contribution < -0.4 is 16.4 Å². The van der Waals surface area contributed by atoms with Gasteiger partial charge in [0.1, 0.15) is 0 Å². The Hall–Kier alpha value is -1.24. The second kappa shape index (κ2) is 8.14.